The zero-order valence-electron chi connectivity index (χ0n) is 32.0. The molecule has 6 rings (SSSR count). The molecule has 17 heteroatoms. The van der Waals surface area contributed by atoms with Crippen LogP contribution in [0.15, 0.2) is 41.8 Å². The number of ether oxygens (including phenoxy) is 3. The van der Waals surface area contributed by atoms with Crippen molar-refractivity contribution in [2.24, 2.45) is 5.92 Å². The van der Waals surface area contributed by atoms with Crippen molar-refractivity contribution in [1.82, 2.24) is 25.5 Å². The zero-order chi connectivity index (χ0) is 39.7. The number of nitrogens with one attached hydrogen (secondary N) is 3. The van der Waals surface area contributed by atoms with E-state index < -0.39 is 60.5 Å². The Morgan fingerprint density at radius 3 is 2.62 bits per heavy atom. The summed E-state index contributed by atoms with van der Waals surface area (Å²) >= 11 is 1.45. The number of carbonyl (C=O) groups is 3. The van der Waals surface area contributed by atoms with Gasteiger partial charge in [-0.3, -0.25) is 14.2 Å². The van der Waals surface area contributed by atoms with E-state index in [0.29, 0.717) is 53.1 Å². The van der Waals surface area contributed by atoms with Crippen molar-refractivity contribution in [3.8, 4) is 22.9 Å². The molecule has 1 saturated heterocycles. The van der Waals surface area contributed by atoms with E-state index in [1.165, 1.54) is 16.2 Å². The number of anilines is 1. The fourth-order valence-electron chi connectivity index (χ4n) is 7.10. The van der Waals surface area contributed by atoms with Crippen molar-refractivity contribution in [3.05, 3.63) is 41.8 Å². The molecule has 1 aromatic carbocycles. The van der Waals surface area contributed by atoms with Gasteiger partial charge in [-0.05, 0) is 72.4 Å². The summed E-state index contributed by atoms with van der Waals surface area (Å²) in [4.78, 5) is 73.6. The van der Waals surface area contributed by atoms with Crippen LogP contribution in [0.2, 0.25) is 0 Å². The average molecular weight is 799 g/mol. The molecule has 0 bridgehead atoms. The number of aromatic nitrogens is 2. The number of nitrogens with zero attached hydrogens (tertiary/aromatic N) is 3. The minimum Gasteiger partial charge on any atom is -0.497 e. The smallest absolute Gasteiger partial charge is 0.408 e. The molecule has 55 heavy (non-hydrogen) atoms. The first-order valence-corrected chi connectivity index (χ1v) is 21.2. The maximum atomic E-state index is 14.5. The third kappa shape index (κ3) is 9.42. The number of fused-ring (bicyclic) bond motifs is 3. The van der Waals surface area contributed by atoms with Gasteiger partial charge in [0.05, 0.1) is 24.9 Å². The fraction of sp³-hybridized carbons (Fsp3) is 0.553. The van der Waals surface area contributed by atoms with Crippen LogP contribution < -0.4 is 25.4 Å². The SMILES string of the molecule is COc1ccc2c(O[C@@H]3C[C@H]4C(=O)NC5(P(=O)(O)O)CC5/C=C\CCCCC[C@H](NC(=O)OC(C)(C)C)C(=O)N4C3)cc(-c3csc(NC(C)C)n3)nc2c1. The number of hydrogen-bond donors (Lipinski definition) is 5. The molecule has 3 aliphatic rings. The normalized spacial score (nSPS) is 25.6. The number of rotatable bonds is 8. The second-order valence-corrected chi connectivity index (χ2v) is 18.5. The fourth-order valence-corrected chi connectivity index (χ4v) is 9.16. The molecule has 0 spiro atoms. The Hall–Kier alpha value is -4.24. The summed E-state index contributed by atoms with van der Waals surface area (Å²) in [6.07, 6.45) is 5.36. The summed E-state index contributed by atoms with van der Waals surface area (Å²) in [5.74, 6) is -0.741. The lowest BCUT2D eigenvalue weighted by molar-refractivity contribution is -0.140. The third-order valence-corrected chi connectivity index (χ3v) is 12.3. The maximum absolute atomic E-state index is 14.5. The first-order chi connectivity index (χ1) is 26.0. The number of thiazole rings is 1. The number of amides is 3. The summed E-state index contributed by atoms with van der Waals surface area (Å²) < 4.78 is 30.5. The highest BCUT2D eigenvalue weighted by Gasteiger charge is 2.66. The Kier molecular flexibility index (Phi) is 11.8. The van der Waals surface area contributed by atoms with Gasteiger partial charge in [-0.25, -0.2) is 14.8 Å². The molecule has 3 aromatic rings. The lowest BCUT2D eigenvalue weighted by Gasteiger charge is -2.30. The number of carbonyl (C=O) groups excluding carboxylic acids is 3. The summed E-state index contributed by atoms with van der Waals surface area (Å²) in [6.45, 7) is 9.19. The molecule has 2 fully saturated rings. The molecule has 1 saturated carbocycles. The van der Waals surface area contributed by atoms with E-state index in [-0.39, 0.29) is 25.4 Å². The van der Waals surface area contributed by atoms with Crippen LogP contribution in [0, 0.1) is 5.92 Å². The summed E-state index contributed by atoms with van der Waals surface area (Å²) in [6, 6.07) is 5.18. The standard InChI is InChI=1S/C38H51N6O9PS/c1-22(2)39-35-41-30(21-55-35)29-18-32(26-15-14-24(51-6)16-28(26)40-29)52-25-17-31-33(45)43-38(54(48,49)50)19-23(38)12-10-8-7-9-11-13-27(34(46)44(31)20-25)42-36(47)53-37(3,4)5/h10,12,14-16,18,21-23,25,27,31H,7-9,11,13,17,19-20H2,1-6H3,(H,39,41)(H,42,47)(H,43,45)(H2,48,49,50)/b12-10-/t23?,25-,27+,31+,38?/m1/s1. The van der Waals surface area contributed by atoms with E-state index in [1.807, 2.05) is 31.4 Å². The van der Waals surface area contributed by atoms with E-state index in [0.717, 1.165) is 18.0 Å². The van der Waals surface area contributed by atoms with Crippen molar-refractivity contribution in [1.29, 1.82) is 0 Å². The van der Waals surface area contributed by atoms with Gasteiger partial charge in [-0.1, -0.05) is 25.0 Å². The molecule has 2 aromatic heterocycles. The van der Waals surface area contributed by atoms with E-state index in [1.54, 1.807) is 52.2 Å². The van der Waals surface area contributed by atoms with Gasteiger partial charge in [0.1, 0.15) is 46.3 Å². The second-order valence-electron chi connectivity index (χ2n) is 15.7. The Bertz CT molecular complexity index is 1990. The number of alkyl carbamates (subject to hydrolysis) is 1. The molecule has 298 valence electrons. The maximum Gasteiger partial charge on any atom is 0.408 e. The minimum absolute atomic E-state index is 0.0168. The summed E-state index contributed by atoms with van der Waals surface area (Å²) in [5.41, 5.74) is 0.942. The van der Waals surface area contributed by atoms with Gasteiger partial charge in [0.2, 0.25) is 11.8 Å². The Morgan fingerprint density at radius 2 is 1.91 bits per heavy atom. The molecule has 3 amide bonds. The van der Waals surface area contributed by atoms with Crippen LogP contribution in [0.25, 0.3) is 22.3 Å². The van der Waals surface area contributed by atoms with Crippen molar-refractivity contribution in [2.45, 2.75) is 115 Å². The van der Waals surface area contributed by atoms with E-state index in [4.69, 9.17) is 24.2 Å². The molecule has 1 aliphatic carbocycles. The largest absolute Gasteiger partial charge is 0.497 e. The molecule has 5 atom stereocenters. The Labute approximate surface area is 324 Å². The predicted molar refractivity (Wildman–Crippen MR) is 209 cm³/mol. The van der Waals surface area contributed by atoms with E-state index >= 15 is 0 Å². The molecule has 2 unspecified atom stereocenters. The van der Waals surface area contributed by atoms with Gasteiger partial charge in [-0.15, -0.1) is 11.3 Å². The van der Waals surface area contributed by atoms with Gasteiger partial charge in [-0.2, -0.15) is 0 Å². The van der Waals surface area contributed by atoms with Crippen LogP contribution in [0.1, 0.15) is 79.6 Å². The number of hydrogen-bond acceptors (Lipinski definition) is 11. The van der Waals surface area contributed by atoms with Crippen molar-refractivity contribution < 1.29 is 42.9 Å². The number of allylic oxidation sites excluding steroid dienone is 1. The molecule has 15 nitrogen and oxygen atoms in total. The second kappa shape index (κ2) is 16.1. The van der Waals surface area contributed by atoms with Crippen LogP contribution in [0.5, 0.6) is 11.5 Å². The summed E-state index contributed by atoms with van der Waals surface area (Å²) in [5, 5.41) is 10.3. The Morgan fingerprint density at radius 1 is 1.13 bits per heavy atom. The van der Waals surface area contributed by atoms with Gasteiger partial charge in [0.25, 0.3) is 0 Å². The monoisotopic (exact) mass is 798 g/mol. The lowest BCUT2D eigenvalue weighted by atomic mass is 10.0. The quantitative estimate of drug-likeness (QED) is 0.133. The predicted octanol–water partition coefficient (Wildman–Crippen LogP) is 5.96. The van der Waals surface area contributed by atoms with Crippen molar-refractivity contribution >= 4 is 52.9 Å². The van der Waals surface area contributed by atoms with Crippen LogP contribution in [0.3, 0.4) is 0 Å². The molecular weight excluding hydrogens is 747 g/mol. The van der Waals surface area contributed by atoms with Gasteiger partial charge >= 0.3 is 13.7 Å². The lowest BCUT2D eigenvalue weighted by Crippen LogP contribution is -2.55. The van der Waals surface area contributed by atoms with Crippen LogP contribution in [-0.2, 0) is 18.9 Å². The first-order valence-electron chi connectivity index (χ1n) is 18.7. The molecule has 0 radical (unpaired) electrons. The van der Waals surface area contributed by atoms with Crippen LogP contribution in [-0.4, -0.2) is 91.3 Å². The number of pyridine rings is 1. The van der Waals surface area contributed by atoms with Crippen LogP contribution in [0.4, 0.5) is 9.93 Å². The van der Waals surface area contributed by atoms with E-state index in [9.17, 15) is 28.7 Å². The molecule has 5 N–H and O–H groups in total. The van der Waals surface area contributed by atoms with Gasteiger partial charge in [0.15, 0.2) is 5.13 Å². The summed E-state index contributed by atoms with van der Waals surface area (Å²) in [7, 11) is -3.25. The minimum atomic E-state index is -4.82. The topological polar surface area (TPSA) is 202 Å². The van der Waals surface area contributed by atoms with E-state index in [2.05, 4.69) is 16.0 Å². The number of benzene rings is 1. The molecular formula is C38H51N6O9PS. The zero-order valence-corrected chi connectivity index (χ0v) is 33.7. The highest BCUT2D eigenvalue weighted by Crippen LogP contribution is 2.67. The van der Waals surface area contributed by atoms with Crippen LogP contribution >= 0.6 is 18.9 Å². The van der Waals surface area contributed by atoms with Gasteiger partial charge in [0, 0.05) is 41.3 Å². The van der Waals surface area contributed by atoms with Gasteiger partial charge < -0.3 is 44.8 Å². The first kappa shape index (κ1) is 40.4. The third-order valence-electron chi connectivity index (χ3n) is 9.86. The highest BCUT2D eigenvalue weighted by atomic mass is 32.1. The molecule has 2 aliphatic heterocycles. The van der Waals surface area contributed by atoms with Crippen molar-refractivity contribution in [2.75, 3.05) is 19.0 Å². The number of methoxy groups -OCH3 is 1. The van der Waals surface area contributed by atoms with Crippen molar-refractivity contribution in [3.63, 3.8) is 0 Å². The molecule has 4 heterocycles. The average Bonchev–Trinajstić information content (AvgIpc) is 3.39. The highest BCUT2D eigenvalue weighted by molar-refractivity contribution is 7.54. The Balaban J connectivity index is 1.35.